The molecule has 2 fully saturated rings. The molecule has 0 aromatic heterocycles. The van der Waals surface area contributed by atoms with Crippen LogP contribution < -0.4 is 14.4 Å². The SMILES string of the molecule is COc1ccc(N(CC(=O)N[C@H]2C[C@@H]3CC[C@H]2C3)S(=O)(=O)c2ccccc2)cc1. The average molecular weight is 415 g/mol. The van der Waals surface area contributed by atoms with Gasteiger partial charge < -0.3 is 10.1 Å². The van der Waals surface area contributed by atoms with Crippen molar-refractivity contribution in [1.29, 1.82) is 0 Å². The molecule has 2 aromatic rings. The highest BCUT2D eigenvalue weighted by Crippen LogP contribution is 2.44. The van der Waals surface area contributed by atoms with E-state index >= 15 is 0 Å². The monoisotopic (exact) mass is 414 g/mol. The lowest BCUT2D eigenvalue weighted by atomic mass is 9.95. The molecular weight excluding hydrogens is 388 g/mol. The number of amides is 1. The third-order valence-electron chi connectivity index (χ3n) is 6.06. The minimum Gasteiger partial charge on any atom is -0.497 e. The zero-order chi connectivity index (χ0) is 20.4. The van der Waals surface area contributed by atoms with Gasteiger partial charge in [-0.3, -0.25) is 9.10 Å². The lowest BCUT2D eigenvalue weighted by Gasteiger charge is -2.27. The lowest BCUT2D eigenvalue weighted by Crippen LogP contribution is -2.45. The number of methoxy groups -OCH3 is 1. The van der Waals surface area contributed by atoms with Crippen LogP contribution in [0.15, 0.2) is 59.5 Å². The van der Waals surface area contributed by atoms with Gasteiger partial charge in [-0.25, -0.2) is 8.42 Å². The maximum absolute atomic E-state index is 13.3. The molecule has 0 radical (unpaired) electrons. The van der Waals surface area contributed by atoms with Gasteiger partial charge in [-0.05, 0) is 67.5 Å². The zero-order valence-corrected chi connectivity index (χ0v) is 17.3. The van der Waals surface area contributed by atoms with Crippen molar-refractivity contribution < 1.29 is 17.9 Å². The van der Waals surface area contributed by atoms with Crippen molar-refractivity contribution in [3.05, 3.63) is 54.6 Å². The van der Waals surface area contributed by atoms with Crippen molar-refractivity contribution >= 4 is 21.6 Å². The molecular formula is C22H26N2O4S. The van der Waals surface area contributed by atoms with Crippen LogP contribution in [0, 0.1) is 11.8 Å². The summed E-state index contributed by atoms with van der Waals surface area (Å²) in [6.07, 6.45) is 4.58. The fourth-order valence-electron chi connectivity index (χ4n) is 4.59. The van der Waals surface area contributed by atoms with Gasteiger partial charge in [0.05, 0.1) is 17.7 Å². The van der Waals surface area contributed by atoms with Crippen molar-refractivity contribution in [3.8, 4) is 5.75 Å². The van der Waals surface area contributed by atoms with E-state index in [9.17, 15) is 13.2 Å². The topological polar surface area (TPSA) is 75.7 Å². The molecule has 1 amide bonds. The number of hydrogen-bond acceptors (Lipinski definition) is 4. The van der Waals surface area contributed by atoms with E-state index in [1.807, 2.05) is 0 Å². The van der Waals surface area contributed by atoms with Gasteiger partial charge in [0.25, 0.3) is 10.0 Å². The molecule has 29 heavy (non-hydrogen) atoms. The van der Waals surface area contributed by atoms with E-state index in [-0.39, 0.29) is 23.4 Å². The first-order valence-corrected chi connectivity index (χ1v) is 11.4. The molecule has 0 unspecified atom stereocenters. The molecule has 0 spiro atoms. The van der Waals surface area contributed by atoms with E-state index in [1.165, 1.54) is 17.1 Å². The summed E-state index contributed by atoms with van der Waals surface area (Å²) in [5.74, 6) is 1.59. The van der Waals surface area contributed by atoms with Crippen LogP contribution in [0.5, 0.6) is 5.75 Å². The van der Waals surface area contributed by atoms with Crippen molar-refractivity contribution in [2.75, 3.05) is 18.0 Å². The summed E-state index contributed by atoms with van der Waals surface area (Å²) in [7, 11) is -2.33. The second kappa shape index (κ2) is 8.06. The number of ether oxygens (including phenoxy) is 1. The molecule has 2 aromatic carbocycles. The van der Waals surface area contributed by atoms with E-state index in [0.717, 1.165) is 12.8 Å². The third kappa shape index (κ3) is 4.10. The number of fused-ring (bicyclic) bond motifs is 2. The molecule has 4 rings (SSSR count). The van der Waals surface area contributed by atoms with E-state index in [4.69, 9.17) is 4.74 Å². The fourth-order valence-corrected chi connectivity index (χ4v) is 6.03. The zero-order valence-electron chi connectivity index (χ0n) is 16.5. The smallest absolute Gasteiger partial charge is 0.264 e. The van der Waals surface area contributed by atoms with Gasteiger partial charge in [0.1, 0.15) is 12.3 Å². The first-order valence-electron chi connectivity index (χ1n) is 9.98. The summed E-state index contributed by atoms with van der Waals surface area (Å²) in [5, 5.41) is 3.09. The predicted octanol–water partition coefficient (Wildman–Crippen LogP) is 3.20. The number of hydrogen-bond donors (Lipinski definition) is 1. The average Bonchev–Trinajstić information content (AvgIpc) is 3.36. The number of benzene rings is 2. The minimum atomic E-state index is -3.88. The highest BCUT2D eigenvalue weighted by Gasteiger charge is 2.40. The normalized spacial score (nSPS) is 23.0. The first-order chi connectivity index (χ1) is 14.0. The Hall–Kier alpha value is -2.54. The number of sulfonamides is 1. The maximum atomic E-state index is 13.3. The quantitative estimate of drug-likeness (QED) is 0.755. The molecule has 3 atom stereocenters. The molecule has 0 heterocycles. The first kappa shape index (κ1) is 19.8. The Kier molecular flexibility index (Phi) is 5.50. The predicted molar refractivity (Wildman–Crippen MR) is 111 cm³/mol. The summed E-state index contributed by atoms with van der Waals surface area (Å²) in [6, 6.07) is 15.1. The standard InChI is InChI=1S/C22H26N2O4S/c1-28-19-11-9-18(10-12-19)24(29(26,27)20-5-3-2-4-6-20)15-22(25)23-21-14-16-7-8-17(21)13-16/h2-6,9-12,16-17,21H,7-8,13-15H2,1H3,(H,23,25)/t16-,17+,21+/m1/s1. The minimum absolute atomic E-state index is 0.156. The molecule has 6 nitrogen and oxygen atoms in total. The second-order valence-electron chi connectivity index (χ2n) is 7.87. The molecule has 0 aliphatic heterocycles. The van der Waals surface area contributed by atoms with Crippen molar-refractivity contribution in [2.24, 2.45) is 11.8 Å². The van der Waals surface area contributed by atoms with Crippen LogP contribution in [0.3, 0.4) is 0 Å². The summed E-state index contributed by atoms with van der Waals surface area (Å²) >= 11 is 0. The van der Waals surface area contributed by atoms with Gasteiger partial charge in [0.15, 0.2) is 0 Å². The summed E-state index contributed by atoms with van der Waals surface area (Å²) in [4.78, 5) is 13.0. The molecule has 2 aliphatic carbocycles. The third-order valence-corrected chi connectivity index (χ3v) is 7.85. The van der Waals surface area contributed by atoms with E-state index < -0.39 is 10.0 Å². The lowest BCUT2D eigenvalue weighted by molar-refractivity contribution is -0.120. The van der Waals surface area contributed by atoms with E-state index in [1.54, 1.807) is 61.7 Å². The van der Waals surface area contributed by atoms with E-state index in [2.05, 4.69) is 5.32 Å². The summed E-state index contributed by atoms with van der Waals surface area (Å²) < 4.78 is 32.9. The number of nitrogens with one attached hydrogen (secondary N) is 1. The number of rotatable bonds is 7. The number of carbonyl (C=O) groups is 1. The maximum Gasteiger partial charge on any atom is 0.264 e. The Bertz CT molecular complexity index is 960. The molecule has 2 bridgehead atoms. The van der Waals surface area contributed by atoms with Crippen LogP contribution in [0.25, 0.3) is 0 Å². The van der Waals surface area contributed by atoms with Crippen molar-refractivity contribution in [3.63, 3.8) is 0 Å². The van der Waals surface area contributed by atoms with Gasteiger partial charge in [0, 0.05) is 6.04 Å². The Morgan fingerprint density at radius 3 is 2.38 bits per heavy atom. The highest BCUT2D eigenvalue weighted by molar-refractivity contribution is 7.92. The Morgan fingerprint density at radius 1 is 1.07 bits per heavy atom. The molecule has 2 aliphatic rings. The number of carbonyl (C=O) groups excluding carboxylic acids is 1. The molecule has 1 N–H and O–H groups in total. The van der Waals surface area contributed by atoms with Crippen LogP contribution in [-0.2, 0) is 14.8 Å². The van der Waals surface area contributed by atoms with Crippen LogP contribution in [0.4, 0.5) is 5.69 Å². The molecule has 154 valence electrons. The van der Waals surface area contributed by atoms with Gasteiger partial charge in [-0.2, -0.15) is 0 Å². The second-order valence-corrected chi connectivity index (χ2v) is 9.73. The van der Waals surface area contributed by atoms with Crippen LogP contribution in [-0.4, -0.2) is 34.0 Å². The Morgan fingerprint density at radius 2 is 1.79 bits per heavy atom. The van der Waals surface area contributed by atoms with Gasteiger partial charge in [-0.1, -0.05) is 24.6 Å². The molecule has 7 heteroatoms. The van der Waals surface area contributed by atoms with Crippen LogP contribution in [0.2, 0.25) is 0 Å². The van der Waals surface area contributed by atoms with Crippen molar-refractivity contribution in [2.45, 2.75) is 36.6 Å². The number of anilines is 1. The van der Waals surface area contributed by atoms with E-state index in [0.29, 0.717) is 23.3 Å². The van der Waals surface area contributed by atoms with Gasteiger partial charge >= 0.3 is 0 Å². The Balaban J connectivity index is 1.58. The highest BCUT2D eigenvalue weighted by atomic mass is 32.2. The van der Waals surface area contributed by atoms with Crippen LogP contribution in [0.1, 0.15) is 25.7 Å². The van der Waals surface area contributed by atoms with Crippen molar-refractivity contribution in [1.82, 2.24) is 5.32 Å². The number of nitrogens with zero attached hydrogens (tertiary/aromatic N) is 1. The van der Waals surface area contributed by atoms with Gasteiger partial charge in [0.2, 0.25) is 5.91 Å². The molecule has 2 saturated carbocycles. The summed E-state index contributed by atoms with van der Waals surface area (Å²) in [6.45, 7) is -0.253. The largest absolute Gasteiger partial charge is 0.497 e. The van der Waals surface area contributed by atoms with Crippen LogP contribution >= 0.6 is 0 Å². The molecule has 0 saturated heterocycles. The van der Waals surface area contributed by atoms with Gasteiger partial charge in [-0.15, -0.1) is 0 Å². The fraction of sp³-hybridized carbons (Fsp3) is 0.409. The Labute approximate surface area is 171 Å². The summed E-state index contributed by atoms with van der Waals surface area (Å²) in [5.41, 5.74) is 0.428.